The molecule has 0 N–H and O–H groups in total. The lowest BCUT2D eigenvalue weighted by molar-refractivity contribution is -0.145. The van der Waals surface area contributed by atoms with Gasteiger partial charge in [0.05, 0.1) is 13.0 Å². The number of terminal acetylenes is 1. The molecule has 0 radical (unpaired) electrons. The van der Waals surface area contributed by atoms with Crippen LogP contribution < -0.4 is 0 Å². The smallest absolute Gasteiger partial charge is 0.310 e. The topological polar surface area (TPSA) is 46.6 Å². The van der Waals surface area contributed by atoms with Gasteiger partial charge in [0, 0.05) is 13.1 Å². The number of amides is 1. The molecule has 0 saturated carbocycles. The lowest BCUT2D eigenvalue weighted by Crippen LogP contribution is -2.28. The molecule has 0 aromatic carbocycles. The predicted molar refractivity (Wildman–Crippen MR) is 45.5 cm³/mol. The highest BCUT2D eigenvalue weighted by atomic mass is 16.5. The largest absolute Gasteiger partial charge is 0.469 e. The fourth-order valence-corrected chi connectivity index (χ4v) is 1.40. The first kappa shape index (κ1) is 9.59. The van der Waals surface area contributed by atoms with Gasteiger partial charge in [0.1, 0.15) is 0 Å². The molecule has 1 unspecified atom stereocenters. The van der Waals surface area contributed by atoms with E-state index in [2.05, 4.69) is 4.74 Å². The van der Waals surface area contributed by atoms with E-state index < -0.39 is 0 Å². The molecule has 0 aliphatic carbocycles. The molecule has 1 rings (SSSR count). The Labute approximate surface area is 76.8 Å². The minimum atomic E-state index is -0.355. The highest BCUT2D eigenvalue weighted by Gasteiger charge is 2.30. The van der Waals surface area contributed by atoms with Gasteiger partial charge in [-0.2, -0.15) is 0 Å². The summed E-state index contributed by atoms with van der Waals surface area (Å²) in [7, 11) is 1.34. The van der Waals surface area contributed by atoms with E-state index in [1.807, 2.05) is 5.92 Å². The third-order valence-electron chi connectivity index (χ3n) is 2.13. The van der Waals surface area contributed by atoms with Crippen LogP contribution in [0, 0.1) is 18.3 Å². The van der Waals surface area contributed by atoms with Crippen molar-refractivity contribution < 1.29 is 14.3 Å². The number of ether oxygens (including phenoxy) is 1. The molecule has 0 aromatic heterocycles. The Bertz CT molecular complexity index is 267. The van der Waals surface area contributed by atoms with Gasteiger partial charge in [0.15, 0.2) is 0 Å². The standard InChI is InChI=1S/C9H11NO3/c1-3-8(11)10-5-4-7(6-10)9(12)13-2/h1,7H,4-6H2,2H3. The normalized spacial score (nSPS) is 20.9. The van der Waals surface area contributed by atoms with Gasteiger partial charge < -0.3 is 9.64 Å². The number of carbonyl (C=O) groups excluding carboxylic acids is 2. The highest BCUT2D eigenvalue weighted by molar-refractivity contribution is 5.93. The number of hydrogen-bond acceptors (Lipinski definition) is 3. The molecule has 4 heteroatoms. The van der Waals surface area contributed by atoms with Gasteiger partial charge in [-0.05, 0) is 12.3 Å². The first-order chi connectivity index (χ1) is 6.19. The minimum absolute atomic E-state index is 0.206. The van der Waals surface area contributed by atoms with Crippen LogP contribution in [-0.4, -0.2) is 37.0 Å². The second kappa shape index (κ2) is 3.94. The fraction of sp³-hybridized carbons (Fsp3) is 0.556. The number of hydrogen-bond donors (Lipinski definition) is 0. The van der Waals surface area contributed by atoms with E-state index in [1.54, 1.807) is 0 Å². The Hall–Kier alpha value is -1.50. The maximum Gasteiger partial charge on any atom is 0.310 e. The van der Waals surface area contributed by atoms with E-state index in [4.69, 9.17) is 6.42 Å². The van der Waals surface area contributed by atoms with Gasteiger partial charge in [0.2, 0.25) is 0 Å². The highest BCUT2D eigenvalue weighted by Crippen LogP contribution is 2.16. The second-order valence-electron chi connectivity index (χ2n) is 2.90. The van der Waals surface area contributed by atoms with Crippen molar-refractivity contribution >= 4 is 11.9 Å². The van der Waals surface area contributed by atoms with Crippen molar-refractivity contribution in [3.05, 3.63) is 0 Å². The summed E-state index contributed by atoms with van der Waals surface area (Å²) in [6.07, 6.45) is 5.59. The number of nitrogens with zero attached hydrogens (tertiary/aromatic N) is 1. The fourth-order valence-electron chi connectivity index (χ4n) is 1.40. The molecule has 1 fully saturated rings. The van der Waals surface area contributed by atoms with Crippen LogP contribution in [-0.2, 0) is 14.3 Å². The van der Waals surface area contributed by atoms with Crippen molar-refractivity contribution in [2.24, 2.45) is 5.92 Å². The second-order valence-corrected chi connectivity index (χ2v) is 2.90. The van der Waals surface area contributed by atoms with Crippen molar-refractivity contribution in [3.8, 4) is 12.3 Å². The molecule has 1 amide bonds. The molecule has 4 nitrogen and oxygen atoms in total. The lowest BCUT2D eigenvalue weighted by Gasteiger charge is -2.11. The Morgan fingerprint density at radius 1 is 1.62 bits per heavy atom. The zero-order chi connectivity index (χ0) is 9.84. The monoisotopic (exact) mass is 181 g/mol. The van der Waals surface area contributed by atoms with E-state index in [0.717, 1.165) is 0 Å². The summed E-state index contributed by atoms with van der Waals surface area (Å²) in [6, 6.07) is 0. The van der Waals surface area contributed by atoms with E-state index in [1.165, 1.54) is 12.0 Å². The molecule has 1 aliphatic heterocycles. The maximum atomic E-state index is 11.1. The molecule has 1 heterocycles. The van der Waals surface area contributed by atoms with E-state index in [-0.39, 0.29) is 17.8 Å². The summed E-state index contributed by atoms with van der Waals surface area (Å²) in [5.41, 5.74) is 0. The molecule has 1 saturated heterocycles. The summed E-state index contributed by atoms with van der Waals surface area (Å²) in [4.78, 5) is 23.6. The summed E-state index contributed by atoms with van der Waals surface area (Å²) < 4.78 is 4.57. The van der Waals surface area contributed by atoms with Crippen molar-refractivity contribution in [2.75, 3.05) is 20.2 Å². The Balaban J connectivity index is 2.50. The summed E-state index contributed by atoms with van der Waals surface area (Å²) in [5, 5.41) is 0. The van der Waals surface area contributed by atoms with Crippen LogP contribution in [0.3, 0.4) is 0 Å². The van der Waals surface area contributed by atoms with Crippen LogP contribution in [0.5, 0.6) is 0 Å². The molecular formula is C9H11NO3. The van der Waals surface area contributed by atoms with E-state index >= 15 is 0 Å². The van der Waals surface area contributed by atoms with Crippen LogP contribution in [0.2, 0.25) is 0 Å². The van der Waals surface area contributed by atoms with Crippen molar-refractivity contribution in [1.29, 1.82) is 0 Å². The van der Waals surface area contributed by atoms with Gasteiger partial charge in [0.25, 0.3) is 5.91 Å². The van der Waals surface area contributed by atoms with E-state index in [0.29, 0.717) is 19.5 Å². The molecule has 1 atom stereocenters. The summed E-state index contributed by atoms with van der Waals surface area (Å²) in [5.74, 6) is 1.19. The van der Waals surface area contributed by atoms with Gasteiger partial charge in [-0.1, -0.05) is 0 Å². The predicted octanol–water partition coefficient (Wildman–Crippen LogP) is -0.359. The number of carbonyl (C=O) groups is 2. The van der Waals surface area contributed by atoms with Gasteiger partial charge in [-0.3, -0.25) is 9.59 Å². The van der Waals surface area contributed by atoms with Crippen LogP contribution in [0.1, 0.15) is 6.42 Å². The van der Waals surface area contributed by atoms with Crippen molar-refractivity contribution in [1.82, 2.24) is 4.90 Å². The lowest BCUT2D eigenvalue weighted by atomic mass is 10.1. The molecule has 0 aromatic rings. The Morgan fingerprint density at radius 2 is 2.31 bits per heavy atom. The third-order valence-corrected chi connectivity index (χ3v) is 2.13. The molecule has 70 valence electrons. The summed E-state index contributed by atoms with van der Waals surface area (Å²) >= 11 is 0. The number of methoxy groups -OCH3 is 1. The number of rotatable bonds is 1. The van der Waals surface area contributed by atoms with E-state index in [9.17, 15) is 9.59 Å². The number of esters is 1. The average Bonchev–Trinajstić information content (AvgIpc) is 2.64. The van der Waals surface area contributed by atoms with Crippen molar-refractivity contribution in [2.45, 2.75) is 6.42 Å². The molecule has 0 spiro atoms. The number of likely N-dealkylation sites (tertiary alicyclic amines) is 1. The van der Waals surface area contributed by atoms with Gasteiger partial charge in [-0.15, -0.1) is 6.42 Å². The third kappa shape index (κ3) is 2.00. The average molecular weight is 181 g/mol. The molecule has 13 heavy (non-hydrogen) atoms. The molecular weight excluding hydrogens is 170 g/mol. The van der Waals surface area contributed by atoms with Gasteiger partial charge >= 0.3 is 5.97 Å². The SMILES string of the molecule is C#CC(=O)N1CCC(C(=O)OC)C1. The van der Waals surface area contributed by atoms with Crippen LogP contribution >= 0.6 is 0 Å². The Morgan fingerprint density at radius 3 is 2.85 bits per heavy atom. The Kier molecular flexibility index (Phi) is 2.91. The van der Waals surface area contributed by atoms with Crippen LogP contribution in [0.4, 0.5) is 0 Å². The maximum absolute atomic E-state index is 11.1. The minimum Gasteiger partial charge on any atom is -0.469 e. The van der Waals surface area contributed by atoms with Gasteiger partial charge in [-0.25, -0.2) is 0 Å². The first-order valence-electron chi connectivity index (χ1n) is 4.02. The zero-order valence-electron chi connectivity index (χ0n) is 7.45. The van der Waals surface area contributed by atoms with Crippen LogP contribution in [0.25, 0.3) is 0 Å². The summed E-state index contributed by atoms with van der Waals surface area (Å²) in [6.45, 7) is 0.929. The first-order valence-corrected chi connectivity index (χ1v) is 4.02. The van der Waals surface area contributed by atoms with Crippen LogP contribution in [0.15, 0.2) is 0 Å². The quantitative estimate of drug-likeness (QED) is 0.410. The molecule has 0 bridgehead atoms. The van der Waals surface area contributed by atoms with Crippen molar-refractivity contribution in [3.63, 3.8) is 0 Å². The molecule has 1 aliphatic rings. The zero-order valence-corrected chi connectivity index (χ0v) is 7.45.